The summed E-state index contributed by atoms with van der Waals surface area (Å²) in [5.74, 6) is 0. The molecule has 126 valence electrons. The van der Waals surface area contributed by atoms with Gasteiger partial charge in [-0.3, -0.25) is 4.98 Å². The molecule has 1 aliphatic carbocycles. The molecule has 1 aromatic carbocycles. The zero-order valence-electron chi connectivity index (χ0n) is 14.7. The first-order valence-electron chi connectivity index (χ1n) is 8.55. The summed E-state index contributed by atoms with van der Waals surface area (Å²) in [7, 11) is 1.82. The number of rotatable bonds is 3. The van der Waals surface area contributed by atoms with E-state index in [4.69, 9.17) is 0 Å². The van der Waals surface area contributed by atoms with Gasteiger partial charge in [0.05, 0.1) is 18.3 Å². The van der Waals surface area contributed by atoms with E-state index in [1.165, 1.54) is 16.7 Å². The van der Waals surface area contributed by atoms with Gasteiger partial charge in [0.1, 0.15) is 0 Å². The van der Waals surface area contributed by atoms with Crippen LogP contribution in [-0.2, 0) is 13.0 Å². The van der Waals surface area contributed by atoms with Gasteiger partial charge in [-0.2, -0.15) is 0 Å². The Bertz CT molecular complexity index is 724. The molecule has 1 N–H and O–H groups in total. The number of aryl methyl sites for hydroxylation is 3. The Morgan fingerprint density at radius 2 is 2.04 bits per heavy atom. The van der Waals surface area contributed by atoms with Crippen LogP contribution in [0.15, 0.2) is 36.5 Å². The molecule has 4 nitrogen and oxygen atoms in total. The summed E-state index contributed by atoms with van der Waals surface area (Å²) in [4.78, 5) is 18.6. The number of urea groups is 1. The van der Waals surface area contributed by atoms with Crippen LogP contribution in [0.25, 0.3) is 0 Å². The number of nitrogens with zero attached hydrogens (tertiary/aromatic N) is 2. The van der Waals surface area contributed by atoms with Gasteiger partial charge in [-0.1, -0.05) is 29.8 Å². The summed E-state index contributed by atoms with van der Waals surface area (Å²) in [6.45, 7) is 4.62. The molecule has 1 aliphatic rings. The van der Waals surface area contributed by atoms with Gasteiger partial charge in [0, 0.05) is 13.2 Å². The molecule has 0 saturated heterocycles. The number of hydrogen-bond donors (Lipinski definition) is 1. The van der Waals surface area contributed by atoms with E-state index in [1.54, 1.807) is 4.90 Å². The highest BCUT2D eigenvalue weighted by atomic mass is 16.2. The third-order valence-corrected chi connectivity index (χ3v) is 4.63. The summed E-state index contributed by atoms with van der Waals surface area (Å²) in [6, 6.07) is 10.6. The maximum Gasteiger partial charge on any atom is 0.317 e. The highest BCUT2D eigenvalue weighted by molar-refractivity contribution is 5.74. The van der Waals surface area contributed by atoms with E-state index < -0.39 is 0 Å². The summed E-state index contributed by atoms with van der Waals surface area (Å²) >= 11 is 0. The molecule has 3 rings (SSSR count). The summed E-state index contributed by atoms with van der Waals surface area (Å²) in [5.41, 5.74) is 5.90. The van der Waals surface area contributed by atoms with Gasteiger partial charge in [-0.25, -0.2) is 4.79 Å². The van der Waals surface area contributed by atoms with Gasteiger partial charge in [0.2, 0.25) is 0 Å². The first kappa shape index (κ1) is 16.5. The number of pyridine rings is 1. The Morgan fingerprint density at radius 1 is 1.25 bits per heavy atom. The lowest BCUT2D eigenvalue weighted by molar-refractivity contribution is 0.200. The van der Waals surface area contributed by atoms with Crippen molar-refractivity contribution in [2.45, 2.75) is 45.7 Å². The lowest BCUT2D eigenvalue weighted by atomic mass is 9.87. The van der Waals surface area contributed by atoms with Crippen LogP contribution in [0.5, 0.6) is 0 Å². The SMILES string of the molecule is Cc1ccc(CN(C)C(=O)NC2CCCc3ccc(C)cc32)nc1. The first-order chi connectivity index (χ1) is 11.5. The number of carbonyl (C=O) groups excluding carboxylic acids is 1. The second-order valence-corrected chi connectivity index (χ2v) is 6.78. The average Bonchev–Trinajstić information content (AvgIpc) is 2.57. The van der Waals surface area contributed by atoms with Crippen molar-refractivity contribution in [3.05, 3.63) is 64.5 Å². The van der Waals surface area contributed by atoms with E-state index in [9.17, 15) is 4.79 Å². The number of benzene rings is 1. The Kier molecular flexibility index (Phi) is 4.84. The van der Waals surface area contributed by atoms with E-state index in [-0.39, 0.29) is 12.1 Å². The molecule has 1 unspecified atom stereocenters. The number of fused-ring (bicyclic) bond motifs is 1. The van der Waals surface area contributed by atoms with Crippen molar-refractivity contribution in [1.82, 2.24) is 15.2 Å². The predicted molar refractivity (Wildman–Crippen MR) is 95.8 cm³/mol. The van der Waals surface area contributed by atoms with Gasteiger partial charge in [-0.05, 0) is 55.9 Å². The minimum Gasteiger partial charge on any atom is -0.331 e. The molecule has 1 atom stereocenters. The fourth-order valence-corrected chi connectivity index (χ4v) is 3.23. The van der Waals surface area contributed by atoms with E-state index in [1.807, 2.05) is 32.3 Å². The van der Waals surface area contributed by atoms with Gasteiger partial charge >= 0.3 is 6.03 Å². The molecule has 0 spiro atoms. The Balaban J connectivity index is 1.67. The van der Waals surface area contributed by atoms with Gasteiger partial charge in [0.15, 0.2) is 0 Å². The summed E-state index contributed by atoms with van der Waals surface area (Å²) in [5, 5.41) is 3.19. The topological polar surface area (TPSA) is 45.2 Å². The van der Waals surface area contributed by atoms with Crippen LogP contribution in [-0.4, -0.2) is 23.0 Å². The van der Waals surface area contributed by atoms with Gasteiger partial charge < -0.3 is 10.2 Å². The van der Waals surface area contributed by atoms with E-state index in [2.05, 4.69) is 35.4 Å². The third kappa shape index (κ3) is 3.75. The quantitative estimate of drug-likeness (QED) is 0.930. The van der Waals surface area contributed by atoms with E-state index in [0.29, 0.717) is 6.54 Å². The molecule has 24 heavy (non-hydrogen) atoms. The van der Waals surface area contributed by atoms with Crippen LogP contribution in [0.3, 0.4) is 0 Å². The molecule has 0 fully saturated rings. The summed E-state index contributed by atoms with van der Waals surface area (Å²) < 4.78 is 0. The van der Waals surface area contributed by atoms with E-state index >= 15 is 0 Å². The van der Waals surface area contributed by atoms with Crippen molar-refractivity contribution in [1.29, 1.82) is 0 Å². The Labute approximate surface area is 143 Å². The monoisotopic (exact) mass is 323 g/mol. The maximum atomic E-state index is 12.6. The van der Waals surface area contributed by atoms with Crippen LogP contribution in [0.4, 0.5) is 4.79 Å². The predicted octanol–water partition coefficient (Wildman–Crippen LogP) is 3.92. The molecule has 1 heterocycles. The van der Waals surface area contributed by atoms with Crippen LogP contribution < -0.4 is 5.32 Å². The highest BCUT2D eigenvalue weighted by Crippen LogP contribution is 2.30. The molecule has 0 aliphatic heterocycles. The molecule has 4 heteroatoms. The number of aromatic nitrogens is 1. The van der Waals surface area contributed by atoms with Crippen LogP contribution in [0.1, 0.15) is 46.8 Å². The number of nitrogens with one attached hydrogen (secondary N) is 1. The Morgan fingerprint density at radius 3 is 2.79 bits per heavy atom. The largest absolute Gasteiger partial charge is 0.331 e. The van der Waals surface area contributed by atoms with Crippen molar-refractivity contribution in [2.75, 3.05) is 7.05 Å². The standard InChI is InChI=1S/C20H25N3O/c1-14-7-9-16-5-4-6-19(18(16)11-14)22-20(24)23(3)13-17-10-8-15(2)12-21-17/h7-12,19H,4-6,13H2,1-3H3,(H,22,24). The minimum atomic E-state index is -0.0447. The molecule has 0 saturated carbocycles. The fraction of sp³-hybridized carbons (Fsp3) is 0.400. The molecule has 2 aromatic rings. The van der Waals surface area contributed by atoms with Crippen LogP contribution in [0, 0.1) is 13.8 Å². The van der Waals surface area contributed by atoms with Crippen molar-refractivity contribution in [2.24, 2.45) is 0 Å². The average molecular weight is 323 g/mol. The highest BCUT2D eigenvalue weighted by Gasteiger charge is 2.23. The maximum absolute atomic E-state index is 12.6. The molecule has 0 bridgehead atoms. The summed E-state index contributed by atoms with van der Waals surface area (Å²) in [6.07, 6.45) is 5.05. The van der Waals surface area contributed by atoms with E-state index in [0.717, 1.165) is 30.5 Å². The molecular formula is C20H25N3O. The zero-order valence-corrected chi connectivity index (χ0v) is 14.7. The van der Waals surface area contributed by atoms with Crippen molar-refractivity contribution < 1.29 is 4.79 Å². The third-order valence-electron chi connectivity index (χ3n) is 4.63. The molecule has 0 radical (unpaired) electrons. The van der Waals surface area contributed by atoms with Crippen molar-refractivity contribution in [3.8, 4) is 0 Å². The van der Waals surface area contributed by atoms with Crippen molar-refractivity contribution >= 4 is 6.03 Å². The molecule has 1 aromatic heterocycles. The fourth-order valence-electron chi connectivity index (χ4n) is 3.23. The van der Waals surface area contributed by atoms with Gasteiger partial charge in [0.25, 0.3) is 0 Å². The Hall–Kier alpha value is -2.36. The second kappa shape index (κ2) is 7.04. The van der Waals surface area contributed by atoms with Gasteiger partial charge in [-0.15, -0.1) is 0 Å². The zero-order chi connectivity index (χ0) is 17.1. The molecule has 2 amide bonds. The van der Waals surface area contributed by atoms with Crippen LogP contribution in [0.2, 0.25) is 0 Å². The van der Waals surface area contributed by atoms with Crippen LogP contribution >= 0.6 is 0 Å². The number of hydrogen-bond acceptors (Lipinski definition) is 2. The first-order valence-corrected chi connectivity index (χ1v) is 8.55. The van der Waals surface area contributed by atoms with Crippen molar-refractivity contribution in [3.63, 3.8) is 0 Å². The molecular weight excluding hydrogens is 298 g/mol. The lowest BCUT2D eigenvalue weighted by Gasteiger charge is -2.29. The number of carbonyl (C=O) groups is 1. The second-order valence-electron chi connectivity index (χ2n) is 6.78. The smallest absolute Gasteiger partial charge is 0.317 e. The minimum absolute atomic E-state index is 0.0447. The lowest BCUT2D eigenvalue weighted by Crippen LogP contribution is -2.40. The normalized spacial score (nSPS) is 16.4. The number of amides is 2.